The highest BCUT2D eigenvalue weighted by atomic mass is 16.5. The topological polar surface area (TPSA) is 85.9 Å². The zero-order valence-electron chi connectivity index (χ0n) is 11.3. The minimum Gasteiger partial charge on any atom is -0.381 e. The van der Waals surface area contributed by atoms with E-state index in [9.17, 15) is 10.1 Å². The molecule has 0 unspecified atom stereocenters. The van der Waals surface area contributed by atoms with Crippen LogP contribution in [0.2, 0.25) is 0 Å². The molecule has 1 amide bonds. The summed E-state index contributed by atoms with van der Waals surface area (Å²) in [5.74, 6) is -0.318. The van der Waals surface area contributed by atoms with Crippen LogP contribution < -0.4 is 5.32 Å². The van der Waals surface area contributed by atoms with E-state index < -0.39 is 5.41 Å². The molecule has 20 heavy (non-hydrogen) atoms. The molecule has 1 heterocycles. The number of nitriles is 2. The third-order valence-corrected chi connectivity index (χ3v) is 3.61. The summed E-state index contributed by atoms with van der Waals surface area (Å²) in [5, 5.41) is 21.0. The van der Waals surface area contributed by atoms with Gasteiger partial charge in [-0.3, -0.25) is 4.79 Å². The number of anilines is 1. The largest absolute Gasteiger partial charge is 0.381 e. The smallest absolute Gasteiger partial charge is 0.245 e. The second-order valence-corrected chi connectivity index (χ2v) is 4.90. The van der Waals surface area contributed by atoms with Crippen molar-refractivity contribution in [3.8, 4) is 12.1 Å². The van der Waals surface area contributed by atoms with Crippen LogP contribution in [0.4, 0.5) is 5.69 Å². The molecule has 1 N–H and O–H groups in total. The van der Waals surface area contributed by atoms with E-state index in [1.54, 1.807) is 18.2 Å². The average Bonchev–Trinajstić information content (AvgIpc) is 2.50. The summed E-state index contributed by atoms with van der Waals surface area (Å²) >= 11 is 0. The third kappa shape index (κ3) is 2.64. The van der Waals surface area contributed by atoms with Crippen LogP contribution in [0.25, 0.3) is 0 Å². The lowest BCUT2D eigenvalue weighted by Gasteiger charge is -2.29. The summed E-state index contributed by atoms with van der Waals surface area (Å²) in [7, 11) is 0. The monoisotopic (exact) mass is 269 g/mol. The molecule has 0 radical (unpaired) electrons. The highest BCUT2D eigenvalue weighted by Gasteiger charge is 2.40. The number of carbonyl (C=O) groups excluding carboxylic acids is 1. The van der Waals surface area contributed by atoms with Crippen LogP contribution in [-0.2, 0) is 9.53 Å². The molecular weight excluding hydrogens is 254 g/mol. The fraction of sp³-hybridized carbons (Fsp3) is 0.400. The molecule has 1 aromatic rings. The van der Waals surface area contributed by atoms with Gasteiger partial charge in [0.15, 0.2) is 0 Å². The first kappa shape index (κ1) is 14.0. The van der Waals surface area contributed by atoms with Crippen molar-refractivity contribution in [1.29, 1.82) is 10.5 Å². The fourth-order valence-electron chi connectivity index (χ4n) is 2.18. The molecule has 0 aromatic heterocycles. The Kier molecular flexibility index (Phi) is 4.02. The molecule has 1 aliphatic rings. The molecule has 0 saturated carbocycles. The van der Waals surface area contributed by atoms with Crippen molar-refractivity contribution in [3.63, 3.8) is 0 Å². The lowest BCUT2D eigenvalue weighted by molar-refractivity contribution is -0.126. The number of rotatable bonds is 2. The van der Waals surface area contributed by atoms with Gasteiger partial charge in [0.25, 0.3) is 0 Å². The molecule has 102 valence electrons. The number of nitrogens with one attached hydrogen (secondary N) is 1. The first-order chi connectivity index (χ1) is 9.61. The molecule has 2 rings (SSSR count). The van der Waals surface area contributed by atoms with Crippen molar-refractivity contribution in [3.05, 3.63) is 29.3 Å². The number of aryl methyl sites for hydroxylation is 1. The van der Waals surface area contributed by atoms with E-state index in [0.717, 1.165) is 5.56 Å². The Labute approximate surface area is 117 Å². The van der Waals surface area contributed by atoms with Gasteiger partial charge in [-0.25, -0.2) is 0 Å². The molecule has 1 aromatic carbocycles. The van der Waals surface area contributed by atoms with E-state index >= 15 is 0 Å². The Bertz CT molecular complexity index is 605. The van der Waals surface area contributed by atoms with Gasteiger partial charge in [-0.05, 0) is 37.5 Å². The Morgan fingerprint density at radius 1 is 1.35 bits per heavy atom. The quantitative estimate of drug-likeness (QED) is 0.891. The number of amides is 1. The van der Waals surface area contributed by atoms with Crippen LogP contribution in [0.3, 0.4) is 0 Å². The number of hydrogen-bond acceptors (Lipinski definition) is 4. The third-order valence-electron chi connectivity index (χ3n) is 3.61. The maximum atomic E-state index is 12.4. The van der Waals surface area contributed by atoms with E-state index in [0.29, 0.717) is 37.3 Å². The molecule has 5 heteroatoms. The average molecular weight is 269 g/mol. The minimum atomic E-state index is -1.03. The second kappa shape index (κ2) is 5.73. The van der Waals surface area contributed by atoms with Gasteiger partial charge < -0.3 is 10.1 Å². The molecular formula is C15H15N3O2. The van der Waals surface area contributed by atoms with E-state index in [-0.39, 0.29) is 5.91 Å². The molecule has 1 aliphatic heterocycles. The SMILES string of the molecule is Cc1ccc(C#N)cc1NC(=O)C1(C#N)CCOCC1. The number of carbonyl (C=O) groups is 1. The van der Waals surface area contributed by atoms with Crippen molar-refractivity contribution in [1.82, 2.24) is 0 Å². The lowest BCUT2D eigenvalue weighted by Crippen LogP contribution is -2.40. The molecule has 5 nitrogen and oxygen atoms in total. The van der Waals surface area contributed by atoms with Gasteiger partial charge in [0, 0.05) is 18.9 Å². The van der Waals surface area contributed by atoms with Crippen LogP contribution in [0.1, 0.15) is 24.0 Å². The Morgan fingerprint density at radius 3 is 2.65 bits per heavy atom. The van der Waals surface area contributed by atoms with Gasteiger partial charge >= 0.3 is 0 Å². The van der Waals surface area contributed by atoms with E-state index in [4.69, 9.17) is 10.00 Å². The summed E-state index contributed by atoms with van der Waals surface area (Å²) in [6.07, 6.45) is 0.790. The zero-order valence-corrected chi connectivity index (χ0v) is 11.3. The van der Waals surface area contributed by atoms with Crippen molar-refractivity contribution >= 4 is 11.6 Å². The van der Waals surface area contributed by atoms with Gasteiger partial charge in [-0.1, -0.05) is 6.07 Å². The summed E-state index contributed by atoms with van der Waals surface area (Å²) in [6.45, 7) is 2.68. The van der Waals surface area contributed by atoms with Crippen LogP contribution in [-0.4, -0.2) is 19.1 Å². The predicted octanol–water partition coefficient (Wildman–Crippen LogP) is 2.13. The van der Waals surface area contributed by atoms with Crippen LogP contribution in [0.5, 0.6) is 0 Å². The standard InChI is InChI=1S/C15H15N3O2/c1-11-2-3-12(9-16)8-13(11)18-14(19)15(10-17)4-6-20-7-5-15/h2-3,8H,4-7H2,1H3,(H,18,19). The normalized spacial score (nSPS) is 16.8. The first-order valence-corrected chi connectivity index (χ1v) is 6.42. The Hall–Kier alpha value is -2.37. The number of ether oxygens (including phenoxy) is 1. The van der Waals surface area contributed by atoms with Crippen molar-refractivity contribution < 1.29 is 9.53 Å². The van der Waals surface area contributed by atoms with E-state index in [1.807, 2.05) is 13.0 Å². The maximum Gasteiger partial charge on any atom is 0.245 e. The number of hydrogen-bond donors (Lipinski definition) is 1. The predicted molar refractivity (Wildman–Crippen MR) is 72.6 cm³/mol. The van der Waals surface area contributed by atoms with E-state index in [1.165, 1.54) is 0 Å². The first-order valence-electron chi connectivity index (χ1n) is 6.42. The summed E-state index contributed by atoms with van der Waals surface area (Å²) in [4.78, 5) is 12.4. The molecule has 1 fully saturated rings. The van der Waals surface area contributed by atoms with Gasteiger partial charge in [-0.2, -0.15) is 10.5 Å². The van der Waals surface area contributed by atoms with Gasteiger partial charge in [0.05, 0.1) is 17.7 Å². The minimum absolute atomic E-state index is 0.318. The lowest BCUT2D eigenvalue weighted by atomic mass is 9.80. The second-order valence-electron chi connectivity index (χ2n) is 4.90. The molecule has 0 bridgehead atoms. The van der Waals surface area contributed by atoms with E-state index in [2.05, 4.69) is 11.4 Å². The van der Waals surface area contributed by atoms with Crippen LogP contribution in [0.15, 0.2) is 18.2 Å². The van der Waals surface area contributed by atoms with Crippen molar-refractivity contribution in [2.45, 2.75) is 19.8 Å². The highest BCUT2D eigenvalue weighted by molar-refractivity contribution is 5.98. The summed E-state index contributed by atoms with van der Waals surface area (Å²) in [5.41, 5.74) is 0.879. The molecule has 0 spiro atoms. The maximum absolute atomic E-state index is 12.4. The molecule has 1 saturated heterocycles. The van der Waals surface area contributed by atoms with Crippen molar-refractivity contribution in [2.75, 3.05) is 18.5 Å². The summed E-state index contributed by atoms with van der Waals surface area (Å²) in [6, 6.07) is 9.25. The fourth-order valence-corrected chi connectivity index (χ4v) is 2.18. The summed E-state index contributed by atoms with van der Waals surface area (Å²) < 4.78 is 5.21. The van der Waals surface area contributed by atoms with Crippen LogP contribution >= 0.6 is 0 Å². The Morgan fingerprint density at radius 2 is 2.05 bits per heavy atom. The van der Waals surface area contributed by atoms with Gasteiger partial charge in [0.1, 0.15) is 5.41 Å². The molecule has 0 atom stereocenters. The highest BCUT2D eigenvalue weighted by Crippen LogP contribution is 2.31. The molecule has 0 aliphatic carbocycles. The van der Waals surface area contributed by atoms with Crippen molar-refractivity contribution in [2.24, 2.45) is 5.41 Å². The zero-order chi connectivity index (χ0) is 14.6. The van der Waals surface area contributed by atoms with Gasteiger partial charge in [-0.15, -0.1) is 0 Å². The number of nitrogens with zero attached hydrogens (tertiary/aromatic N) is 2. The Balaban J connectivity index is 2.23. The number of benzene rings is 1. The van der Waals surface area contributed by atoms with Gasteiger partial charge in [0.2, 0.25) is 5.91 Å². The van der Waals surface area contributed by atoms with Crippen LogP contribution in [0, 0.1) is 35.0 Å².